The van der Waals surface area contributed by atoms with Crippen LogP contribution in [0.2, 0.25) is 0 Å². The highest BCUT2D eigenvalue weighted by Gasteiger charge is 2.27. The van der Waals surface area contributed by atoms with E-state index >= 15 is 0 Å². The zero-order chi connectivity index (χ0) is 37.7. The summed E-state index contributed by atoms with van der Waals surface area (Å²) in [5, 5.41) is 19.1. The highest BCUT2D eigenvalue weighted by atomic mass is 31.2. The highest BCUT2D eigenvalue weighted by Crippen LogP contribution is 2.43. The van der Waals surface area contributed by atoms with Crippen molar-refractivity contribution in [2.75, 3.05) is 26.4 Å². The number of hydrogen-bond acceptors (Lipinski definition) is 9. The molecule has 10 nitrogen and oxygen atoms in total. The second-order valence-electron chi connectivity index (χ2n) is 11.8. The van der Waals surface area contributed by atoms with Gasteiger partial charge in [0, 0.05) is 12.8 Å². The van der Waals surface area contributed by atoms with Gasteiger partial charge in [0.25, 0.3) is 0 Å². The van der Waals surface area contributed by atoms with Crippen molar-refractivity contribution in [2.24, 2.45) is 0 Å². The van der Waals surface area contributed by atoms with Crippen molar-refractivity contribution in [3.05, 3.63) is 85.1 Å². The van der Waals surface area contributed by atoms with E-state index in [9.17, 15) is 29.3 Å². The predicted molar refractivity (Wildman–Crippen MR) is 205 cm³/mol. The van der Waals surface area contributed by atoms with Gasteiger partial charge in [-0.1, -0.05) is 105 Å². The summed E-state index contributed by atoms with van der Waals surface area (Å²) in [7, 11) is -4.65. The van der Waals surface area contributed by atoms with Crippen molar-refractivity contribution in [2.45, 2.75) is 129 Å². The number of unbranched alkanes of at least 4 members (excludes halogenated alkanes) is 5. The maximum atomic E-state index is 12.3. The van der Waals surface area contributed by atoms with Gasteiger partial charge < -0.3 is 24.6 Å². The van der Waals surface area contributed by atoms with Gasteiger partial charge >= 0.3 is 19.8 Å². The Morgan fingerprint density at radius 2 is 0.863 bits per heavy atom. The molecule has 0 saturated heterocycles. The lowest BCUT2D eigenvalue weighted by Gasteiger charge is -2.20. The van der Waals surface area contributed by atoms with Crippen LogP contribution in [0.4, 0.5) is 0 Å². The molecule has 3 unspecified atom stereocenters. The van der Waals surface area contributed by atoms with Crippen molar-refractivity contribution in [3.8, 4) is 0 Å². The minimum Gasteiger partial charge on any atom is -0.457 e. The molecule has 0 aliphatic carbocycles. The second kappa shape index (κ2) is 35.5. The third kappa shape index (κ3) is 34.0. The molecule has 290 valence electrons. The summed E-state index contributed by atoms with van der Waals surface area (Å²) in [6, 6.07) is 0. The van der Waals surface area contributed by atoms with E-state index in [0.29, 0.717) is 12.8 Å². The van der Waals surface area contributed by atoms with E-state index in [4.69, 9.17) is 18.5 Å². The molecular weight excluding hydrogens is 671 g/mol. The predicted octanol–water partition coefficient (Wildman–Crippen LogP) is 9.10. The smallest absolute Gasteiger partial charge is 0.457 e. The molecule has 0 spiro atoms. The molecule has 0 aliphatic rings. The van der Waals surface area contributed by atoms with Gasteiger partial charge in [-0.15, -0.1) is 0 Å². The molecule has 51 heavy (non-hydrogen) atoms. The lowest BCUT2D eigenvalue weighted by Crippen LogP contribution is -2.28. The summed E-state index contributed by atoms with van der Waals surface area (Å²) in [6.45, 7) is 1.85. The quantitative estimate of drug-likeness (QED) is 0.0258. The van der Waals surface area contributed by atoms with Gasteiger partial charge in [0.15, 0.2) is 0 Å². The molecule has 0 rings (SSSR count). The summed E-state index contributed by atoms with van der Waals surface area (Å²) in [5.41, 5.74) is 0. The molecule has 0 amide bonds. The maximum Gasteiger partial charge on any atom is 0.472 e. The molecule has 0 aromatic rings. The van der Waals surface area contributed by atoms with Crippen LogP contribution < -0.4 is 0 Å². The van der Waals surface area contributed by atoms with Crippen LogP contribution in [0.3, 0.4) is 0 Å². The number of aliphatic hydroxyl groups is 2. The normalized spacial score (nSPS) is 15.0. The highest BCUT2D eigenvalue weighted by molar-refractivity contribution is 7.47. The first-order chi connectivity index (χ1) is 24.8. The summed E-state index contributed by atoms with van der Waals surface area (Å²) < 4.78 is 32.3. The van der Waals surface area contributed by atoms with E-state index in [1.54, 1.807) is 0 Å². The zero-order valence-corrected chi connectivity index (χ0v) is 31.9. The SMILES string of the molecule is CC/C=C\C/C=C\C/C=C\C/C=C\CCCCC(=O)OC(CO)COP(=O)(O)OCC(CO)OC(=O)CCCCC/C=C\C/C=C\C/C=C\CC. The molecule has 11 heteroatoms. The topological polar surface area (TPSA) is 149 Å². The number of ether oxygens (including phenoxy) is 2. The number of hydrogen-bond donors (Lipinski definition) is 3. The molecule has 3 N–H and O–H groups in total. The molecule has 0 radical (unpaired) electrons. The van der Waals surface area contributed by atoms with Crippen LogP contribution in [0.1, 0.15) is 117 Å². The number of carbonyl (C=O) groups is 2. The van der Waals surface area contributed by atoms with Crippen LogP contribution in [-0.4, -0.2) is 65.7 Å². The van der Waals surface area contributed by atoms with Gasteiger partial charge in [0.1, 0.15) is 12.2 Å². The van der Waals surface area contributed by atoms with Gasteiger partial charge in [0.2, 0.25) is 0 Å². The molecule has 0 aliphatic heterocycles. The minimum absolute atomic E-state index is 0.132. The van der Waals surface area contributed by atoms with Gasteiger partial charge in [-0.25, -0.2) is 4.57 Å². The monoisotopic (exact) mass is 736 g/mol. The molecule has 0 bridgehead atoms. The fourth-order valence-electron chi connectivity index (χ4n) is 4.29. The first-order valence-electron chi connectivity index (χ1n) is 18.5. The second-order valence-corrected chi connectivity index (χ2v) is 13.2. The first kappa shape index (κ1) is 48.1. The largest absolute Gasteiger partial charge is 0.472 e. The van der Waals surface area contributed by atoms with E-state index in [0.717, 1.165) is 77.0 Å². The van der Waals surface area contributed by atoms with Crippen molar-refractivity contribution in [3.63, 3.8) is 0 Å². The number of esters is 2. The Labute approximate surface area is 307 Å². The fourth-order valence-corrected chi connectivity index (χ4v) is 5.08. The third-order valence-corrected chi connectivity index (χ3v) is 8.05. The number of phosphoric acid groups is 1. The third-order valence-electron chi connectivity index (χ3n) is 7.10. The van der Waals surface area contributed by atoms with Crippen molar-refractivity contribution < 1.29 is 47.8 Å². The van der Waals surface area contributed by atoms with Crippen LogP contribution >= 0.6 is 7.82 Å². The van der Waals surface area contributed by atoms with E-state index in [1.165, 1.54) is 0 Å². The van der Waals surface area contributed by atoms with Gasteiger partial charge in [-0.3, -0.25) is 18.6 Å². The van der Waals surface area contributed by atoms with Crippen LogP contribution in [-0.2, 0) is 32.7 Å². The Morgan fingerprint density at radius 3 is 1.24 bits per heavy atom. The van der Waals surface area contributed by atoms with Crippen LogP contribution in [0, 0.1) is 0 Å². The van der Waals surface area contributed by atoms with Crippen molar-refractivity contribution >= 4 is 19.8 Å². The zero-order valence-electron chi connectivity index (χ0n) is 31.0. The Hall–Kier alpha value is -2.85. The maximum absolute atomic E-state index is 12.3. The molecule has 0 heterocycles. The fraction of sp³-hybridized carbons (Fsp3) is 0.600. The summed E-state index contributed by atoms with van der Waals surface area (Å²) in [6.07, 6.45) is 40.0. The van der Waals surface area contributed by atoms with Gasteiger partial charge in [-0.2, -0.15) is 0 Å². The molecule has 0 saturated carbocycles. The lowest BCUT2D eigenvalue weighted by molar-refractivity contribution is -0.153. The number of carbonyl (C=O) groups excluding carboxylic acids is 2. The Kier molecular flexibility index (Phi) is 33.6. The van der Waals surface area contributed by atoms with Crippen molar-refractivity contribution in [1.82, 2.24) is 0 Å². The number of rotatable bonds is 33. The Morgan fingerprint density at radius 1 is 0.529 bits per heavy atom. The van der Waals surface area contributed by atoms with Crippen LogP contribution in [0.5, 0.6) is 0 Å². The summed E-state index contributed by atoms with van der Waals surface area (Å²) in [4.78, 5) is 34.3. The standard InChI is InChI=1S/C40H65O10P/c1-3-5-7-9-11-13-15-17-18-20-22-24-26-28-30-32-40(44)50-38(34-42)36-48-51(45,46)47-35-37(33-41)49-39(43)31-29-27-25-23-21-19-16-14-12-10-8-6-4-2/h5-8,11-14,17-19,21-22,24,37-38,41-42H,3-4,9-10,15-16,20,23,25-36H2,1-2H3,(H,45,46)/b7-5-,8-6-,13-11-,14-12-,18-17-,21-19-,24-22-. The average Bonchev–Trinajstić information content (AvgIpc) is 3.12. The Balaban J connectivity index is 4.12. The number of allylic oxidation sites excluding steroid dienone is 14. The van der Waals surface area contributed by atoms with E-state index < -0.39 is 58.4 Å². The average molecular weight is 737 g/mol. The van der Waals surface area contributed by atoms with Crippen LogP contribution in [0.25, 0.3) is 0 Å². The molecule has 0 aromatic carbocycles. The van der Waals surface area contributed by atoms with Crippen LogP contribution in [0.15, 0.2) is 85.1 Å². The minimum atomic E-state index is -4.65. The molecular formula is C40H65O10P. The van der Waals surface area contributed by atoms with E-state index in [-0.39, 0.29) is 12.8 Å². The van der Waals surface area contributed by atoms with E-state index in [1.807, 2.05) is 0 Å². The Bertz CT molecular complexity index is 1120. The first-order valence-corrected chi connectivity index (χ1v) is 20.0. The van der Waals surface area contributed by atoms with Gasteiger partial charge in [0.05, 0.1) is 26.4 Å². The lowest BCUT2D eigenvalue weighted by atomic mass is 10.1. The van der Waals surface area contributed by atoms with Crippen molar-refractivity contribution in [1.29, 1.82) is 0 Å². The number of aliphatic hydroxyl groups excluding tert-OH is 2. The molecule has 3 atom stereocenters. The number of phosphoric ester groups is 1. The van der Waals surface area contributed by atoms with Gasteiger partial charge in [-0.05, 0) is 83.5 Å². The molecule has 0 aromatic heterocycles. The van der Waals surface area contributed by atoms with E-state index in [2.05, 4.69) is 98.9 Å². The summed E-state index contributed by atoms with van der Waals surface area (Å²) >= 11 is 0. The molecule has 0 fully saturated rings. The summed E-state index contributed by atoms with van der Waals surface area (Å²) in [5.74, 6) is -1.10.